The molecular weight excluding hydrogens is 697 g/mol. The molecule has 0 fully saturated rings. The second kappa shape index (κ2) is 14.1. The van der Waals surface area contributed by atoms with Crippen LogP contribution in [0.15, 0.2) is 18.2 Å². The largest absolute Gasteiger partial charge is 0.491 e. The van der Waals surface area contributed by atoms with E-state index in [4.69, 9.17) is 37.4 Å². The third-order valence-corrected chi connectivity index (χ3v) is 7.90. The first-order chi connectivity index (χ1) is 18.8. The summed E-state index contributed by atoms with van der Waals surface area (Å²) >= 11 is 15.6. The number of aryl methyl sites for hydroxylation is 1. The maximum Gasteiger partial charge on any atom is 0.416 e. The highest BCUT2D eigenvalue weighted by Crippen LogP contribution is 2.31. The van der Waals surface area contributed by atoms with E-state index in [1.54, 1.807) is 39.8 Å². The number of nitrogens with zero attached hydrogens (tertiary/aromatic N) is 4. The summed E-state index contributed by atoms with van der Waals surface area (Å²) in [5.74, 6) is -0.944. The monoisotopic (exact) mass is 724 g/mol. The minimum atomic E-state index is -0.780. The van der Waals surface area contributed by atoms with Crippen LogP contribution < -0.4 is 9.64 Å². The van der Waals surface area contributed by atoms with Crippen molar-refractivity contribution in [2.24, 2.45) is 0 Å². The smallest absolute Gasteiger partial charge is 0.416 e. The molecule has 0 radical (unpaired) electrons. The van der Waals surface area contributed by atoms with E-state index in [2.05, 4.69) is 15.2 Å². The van der Waals surface area contributed by atoms with E-state index in [0.717, 1.165) is 14.9 Å². The van der Waals surface area contributed by atoms with Crippen LogP contribution in [0.4, 0.5) is 14.3 Å². The van der Waals surface area contributed by atoms with Crippen molar-refractivity contribution in [1.82, 2.24) is 15.2 Å². The van der Waals surface area contributed by atoms with Gasteiger partial charge < -0.3 is 14.2 Å². The first-order valence-corrected chi connectivity index (χ1v) is 14.8. The lowest BCUT2D eigenvalue weighted by Gasteiger charge is -2.26. The molecule has 3 aromatic rings. The van der Waals surface area contributed by atoms with Gasteiger partial charge in [0.15, 0.2) is 32.7 Å². The van der Waals surface area contributed by atoms with Gasteiger partial charge in [0, 0.05) is 15.0 Å². The zero-order valence-electron chi connectivity index (χ0n) is 22.5. The third-order valence-electron chi connectivity index (χ3n) is 5.43. The summed E-state index contributed by atoms with van der Waals surface area (Å²) in [6.45, 7) is 7.33. The van der Waals surface area contributed by atoms with Crippen molar-refractivity contribution in [3.05, 3.63) is 59.6 Å². The minimum Gasteiger partial charge on any atom is -0.491 e. The standard InChI is InChI=1S/C26H28Cl2FIN4O5S/c1-14-16(22(28)33-32-21(14)27)10-11-34(25(36)39-26(2,3)4)24-31-20(23(35)37-5)19(40-24)7-6-12-38-18-9-8-15(30)13-17(18)29/h8-9,13H,6-7,10-12H2,1-5H3. The van der Waals surface area contributed by atoms with Crippen molar-refractivity contribution in [3.8, 4) is 5.75 Å². The molecule has 0 aliphatic rings. The van der Waals surface area contributed by atoms with Crippen LogP contribution >= 0.6 is 57.1 Å². The predicted octanol–water partition coefficient (Wildman–Crippen LogP) is 7.07. The van der Waals surface area contributed by atoms with E-state index < -0.39 is 23.5 Å². The number of amides is 1. The molecule has 0 bridgehead atoms. The average molecular weight is 725 g/mol. The Labute approximate surface area is 259 Å². The molecular formula is C26H28Cl2FIN4O5S. The number of aromatic nitrogens is 3. The number of carbonyl (C=O) groups is 2. The number of methoxy groups -OCH3 is 1. The van der Waals surface area contributed by atoms with Crippen molar-refractivity contribution in [2.75, 3.05) is 25.2 Å². The maximum absolute atomic E-state index is 14.1. The summed E-state index contributed by atoms with van der Waals surface area (Å²) in [5, 5.41) is 8.29. The van der Waals surface area contributed by atoms with Gasteiger partial charge in [-0.1, -0.05) is 23.2 Å². The molecule has 0 saturated heterocycles. The van der Waals surface area contributed by atoms with Crippen LogP contribution in [0.2, 0.25) is 10.3 Å². The zero-order valence-corrected chi connectivity index (χ0v) is 27.0. The van der Waals surface area contributed by atoms with Crippen LogP contribution in [-0.4, -0.2) is 53.1 Å². The molecule has 2 heterocycles. The van der Waals surface area contributed by atoms with Crippen LogP contribution in [0.1, 0.15) is 53.7 Å². The molecule has 1 aromatic carbocycles. The van der Waals surface area contributed by atoms with Gasteiger partial charge in [0.2, 0.25) is 0 Å². The first-order valence-electron chi connectivity index (χ1n) is 12.1. The van der Waals surface area contributed by atoms with E-state index in [1.807, 2.05) is 22.6 Å². The summed E-state index contributed by atoms with van der Waals surface area (Å²) in [6.07, 6.45) is 0.463. The molecule has 14 heteroatoms. The highest BCUT2D eigenvalue weighted by atomic mass is 127. The number of anilines is 1. The number of rotatable bonds is 10. The van der Waals surface area contributed by atoms with E-state index >= 15 is 0 Å². The quantitative estimate of drug-likeness (QED) is 0.124. The Morgan fingerprint density at radius 2 is 1.85 bits per heavy atom. The second-order valence-corrected chi connectivity index (χ2v) is 12.6. The fraction of sp³-hybridized carbons (Fsp3) is 0.423. The molecule has 3 rings (SSSR count). The number of thiazole rings is 1. The maximum atomic E-state index is 14.1. The Morgan fingerprint density at radius 3 is 2.50 bits per heavy atom. The number of hydrogen-bond donors (Lipinski definition) is 0. The molecule has 0 saturated carbocycles. The normalized spacial score (nSPS) is 11.3. The van der Waals surface area contributed by atoms with Crippen LogP contribution in [0.3, 0.4) is 0 Å². The summed E-state index contributed by atoms with van der Waals surface area (Å²) < 4.78 is 31.0. The Hall–Kier alpha value is -2.29. The lowest BCUT2D eigenvalue weighted by molar-refractivity contribution is 0.0570. The van der Waals surface area contributed by atoms with Gasteiger partial charge >= 0.3 is 12.1 Å². The topological polar surface area (TPSA) is 104 Å². The van der Waals surface area contributed by atoms with E-state index in [0.29, 0.717) is 28.8 Å². The number of ether oxygens (including phenoxy) is 3. The fourth-order valence-corrected chi connectivity index (χ4v) is 5.47. The van der Waals surface area contributed by atoms with Gasteiger partial charge in [-0.15, -0.1) is 21.5 Å². The highest BCUT2D eigenvalue weighted by Gasteiger charge is 2.29. The van der Waals surface area contributed by atoms with Gasteiger partial charge in [0.05, 0.1) is 13.7 Å². The predicted molar refractivity (Wildman–Crippen MR) is 160 cm³/mol. The molecule has 0 atom stereocenters. The molecule has 0 spiro atoms. The van der Waals surface area contributed by atoms with Gasteiger partial charge in [0.25, 0.3) is 0 Å². The van der Waals surface area contributed by atoms with Crippen LogP contribution in [0.5, 0.6) is 5.75 Å². The molecule has 0 N–H and O–H groups in total. The number of hydrogen-bond acceptors (Lipinski definition) is 9. The molecule has 9 nitrogen and oxygen atoms in total. The minimum absolute atomic E-state index is 0.0827. The zero-order chi connectivity index (χ0) is 29.6. The van der Waals surface area contributed by atoms with Crippen LogP contribution in [0, 0.1) is 16.3 Å². The number of halogens is 4. The lowest BCUT2D eigenvalue weighted by atomic mass is 10.1. The molecule has 1 amide bonds. The Bertz CT molecular complexity index is 1390. The Balaban J connectivity index is 1.85. The number of benzene rings is 1. The SMILES string of the molecule is COC(=O)c1nc(N(CCc2c(Cl)nnc(Cl)c2C)C(=O)OC(C)(C)C)sc1CCCOc1ccc(I)cc1F. The number of carbonyl (C=O) groups excluding carboxylic acids is 2. The average Bonchev–Trinajstić information content (AvgIpc) is 3.29. The molecule has 2 aromatic heterocycles. The summed E-state index contributed by atoms with van der Waals surface area (Å²) in [7, 11) is 1.25. The Kier molecular flexibility index (Phi) is 11.3. The van der Waals surface area contributed by atoms with Gasteiger partial charge in [-0.3, -0.25) is 4.90 Å². The van der Waals surface area contributed by atoms with Crippen molar-refractivity contribution in [3.63, 3.8) is 0 Å². The number of esters is 1. The van der Waals surface area contributed by atoms with Gasteiger partial charge in [0.1, 0.15) is 5.60 Å². The third kappa shape index (κ3) is 8.60. The van der Waals surface area contributed by atoms with E-state index in [9.17, 15) is 14.0 Å². The Morgan fingerprint density at radius 1 is 1.15 bits per heavy atom. The highest BCUT2D eigenvalue weighted by molar-refractivity contribution is 14.1. The van der Waals surface area contributed by atoms with Crippen molar-refractivity contribution in [2.45, 2.75) is 52.6 Å². The molecule has 40 heavy (non-hydrogen) atoms. The van der Waals surface area contributed by atoms with Crippen LogP contribution in [-0.2, 0) is 22.3 Å². The summed E-state index contributed by atoms with van der Waals surface area (Å²) in [4.78, 5) is 32.2. The lowest BCUT2D eigenvalue weighted by Crippen LogP contribution is -2.38. The summed E-state index contributed by atoms with van der Waals surface area (Å²) in [5.41, 5.74) is 0.572. The van der Waals surface area contributed by atoms with E-state index in [1.165, 1.54) is 18.1 Å². The summed E-state index contributed by atoms with van der Waals surface area (Å²) in [6, 6.07) is 4.70. The first kappa shape index (κ1) is 32.2. The molecule has 216 valence electrons. The van der Waals surface area contributed by atoms with Gasteiger partial charge in [-0.25, -0.2) is 19.0 Å². The van der Waals surface area contributed by atoms with Crippen molar-refractivity contribution >= 4 is 74.3 Å². The molecule has 0 aliphatic carbocycles. The van der Waals surface area contributed by atoms with Crippen molar-refractivity contribution < 1.29 is 28.2 Å². The van der Waals surface area contributed by atoms with Crippen LogP contribution in [0.25, 0.3) is 0 Å². The van der Waals surface area contributed by atoms with Crippen molar-refractivity contribution in [1.29, 1.82) is 0 Å². The second-order valence-electron chi connectivity index (χ2n) is 9.55. The fourth-order valence-electron chi connectivity index (χ4n) is 3.49. The van der Waals surface area contributed by atoms with Gasteiger partial charge in [-0.05, 0) is 98.9 Å². The molecule has 0 aliphatic heterocycles. The molecule has 0 unspecified atom stereocenters. The van der Waals surface area contributed by atoms with Gasteiger partial charge in [-0.2, -0.15) is 0 Å². The van der Waals surface area contributed by atoms with E-state index in [-0.39, 0.29) is 46.5 Å².